The molecule has 12 heteroatoms. The fraction of sp³-hybridized carbons (Fsp3) is 0.714. The predicted molar refractivity (Wildman–Crippen MR) is 150 cm³/mol. The van der Waals surface area contributed by atoms with E-state index in [1.54, 1.807) is 34.6 Å². The number of nitrogens with zero attached hydrogens (tertiary/aromatic N) is 2. The molecule has 0 fully saturated rings. The lowest BCUT2D eigenvalue weighted by Gasteiger charge is -2.41. The van der Waals surface area contributed by atoms with Gasteiger partial charge in [-0.25, -0.2) is 4.79 Å². The van der Waals surface area contributed by atoms with Crippen LogP contribution in [0.3, 0.4) is 0 Å². The summed E-state index contributed by atoms with van der Waals surface area (Å²) in [6.07, 6.45) is 5.73. The van der Waals surface area contributed by atoms with Gasteiger partial charge in [-0.3, -0.25) is 28.9 Å². The third-order valence-corrected chi connectivity index (χ3v) is 6.67. The van der Waals surface area contributed by atoms with Crippen molar-refractivity contribution in [1.82, 2.24) is 20.4 Å². The number of carbonyl (C=O) groups is 6. The zero-order valence-electron chi connectivity index (χ0n) is 24.7. The highest BCUT2D eigenvalue weighted by Gasteiger charge is 2.39. The van der Waals surface area contributed by atoms with E-state index in [4.69, 9.17) is 5.73 Å². The Bertz CT molecular complexity index is 939. The summed E-state index contributed by atoms with van der Waals surface area (Å²) in [6.45, 7) is 11.0. The van der Waals surface area contributed by atoms with E-state index in [1.807, 2.05) is 0 Å². The maximum absolute atomic E-state index is 13.4. The number of carboxylic acids is 1. The Morgan fingerprint density at radius 1 is 0.950 bits per heavy atom. The van der Waals surface area contributed by atoms with Gasteiger partial charge in [0.1, 0.15) is 18.1 Å². The molecule has 5 N–H and O–H groups in total. The van der Waals surface area contributed by atoms with E-state index in [0.717, 1.165) is 4.90 Å². The molecule has 0 bridgehead atoms. The van der Waals surface area contributed by atoms with Gasteiger partial charge < -0.3 is 26.4 Å². The van der Waals surface area contributed by atoms with Gasteiger partial charge >= 0.3 is 5.97 Å². The molecule has 1 rings (SSSR count). The number of aliphatic carboxylic acids is 1. The molecular formula is C28H47N5O7. The lowest BCUT2D eigenvalue weighted by Crippen LogP contribution is -2.61. The standard InChI is InChI=1S/C28H47N5O7/c1-18(2)24(31-21(34)13-8-7-11-17-32-22(35)14-15-23(32)36)25(37)30-19(3)26(38)33(28(4,5)6)20(27(39)40)12-9-10-16-29/h14-15,18-20,24H,7-13,16-17,29H2,1-6H3,(H,30,37)(H,31,34)(H,39,40)/t19-,20-,24-/m0/s1. The largest absolute Gasteiger partial charge is 0.480 e. The fourth-order valence-corrected chi connectivity index (χ4v) is 4.53. The highest BCUT2D eigenvalue weighted by Crippen LogP contribution is 2.22. The molecule has 0 aromatic carbocycles. The average Bonchev–Trinajstić information content (AvgIpc) is 3.17. The van der Waals surface area contributed by atoms with E-state index in [0.29, 0.717) is 38.6 Å². The molecule has 40 heavy (non-hydrogen) atoms. The number of imide groups is 1. The number of hydrogen-bond acceptors (Lipinski definition) is 7. The lowest BCUT2D eigenvalue weighted by atomic mass is 9.97. The van der Waals surface area contributed by atoms with Crippen LogP contribution < -0.4 is 16.4 Å². The van der Waals surface area contributed by atoms with Gasteiger partial charge in [-0.15, -0.1) is 0 Å². The Hall–Kier alpha value is -3.28. The number of nitrogens with two attached hydrogens (primary N) is 1. The number of carbonyl (C=O) groups excluding carboxylic acids is 5. The highest BCUT2D eigenvalue weighted by molar-refractivity contribution is 6.12. The summed E-state index contributed by atoms with van der Waals surface area (Å²) in [6, 6.07) is -2.99. The van der Waals surface area contributed by atoms with Gasteiger partial charge in [0.05, 0.1) is 0 Å². The first-order chi connectivity index (χ1) is 18.6. The summed E-state index contributed by atoms with van der Waals surface area (Å²) >= 11 is 0. The molecule has 5 amide bonds. The molecule has 0 aromatic heterocycles. The van der Waals surface area contributed by atoms with Gasteiger partial charge in [-0.05, 0) is 72.3 Å². The molecule has 3 atom stereocenters. The molecule has 0 spiro atoms. The van der Waals surface area contributed by atoms with Gasteiger partial charge in [0.2, 0.25) is 17.7 Å². The first kappa shape index (κ1) is 34.7. The van der Waals surface area contributed by atoms with E-state index < -0.39 is 41.4 Å². The monoisotopic (exact) mass is 565 g/mol. The Morgan fingerprint density at radius 2 is 1.55 bits per heavy atom. The van der Waals surface area contributed by atoms with Crippen LogP contribution in [0.1, 0.15) is 86.5 Å². The van der Waals surface area contributed by atoms with Crippen molar-refractivity contribution in [3.05, 3.63) is 12.2 Å². The van der Waals surface area contributed by atoms with Crippen LogP contribution >= 0.6 is 0 Å². The quantitative estimate of drug-likeness (QED) is 0.151. The maximum atomic E-state index is 13.4. The first-order valence-electron chi connectivity index (χ1n) is 14.0. The van der Waals surface area contributed by atoms with Crippen molar-refractivity contribution in [2.24, 2.45) is 11.7 Å². The normalized spacial score (nSPS) is 15.7. The summed E-state index contributed by atoms with van der Waals surface area (Å²) in [5.74, 6) is -3.46. The number of unbranched alkanes of at least 4 members (excludes halogenated alkanes) is 3. The van der Waals surface area contributed by atoms with Crippen LogP contribution in [0.4, 0.5) is 0 Å². The second-order valence-electron chi connectivity index (χ2n) is 11.5. The number of carboxylic acid groups (broad SMARTS) is 1. The zero-order chi connectivity index (χ0) is 30.6. The second-order valence-corrected chi connectivity index (χ2v) is 11.5. The third kappa shape index (κ3) is 10.7. The second kappa shape index (κ2) is 16.1. The third-order valence-electron chi connectivity index (χ3n) is 6.67. The minimum absolute atomic E-state index is 0.159. The summed E-state index contributed by atoms with van der Waals surface area (Å²) in [5, 5.41) is 15.3. The molecule has 12 nitrogen and oxygen atoms in total. The maximum Gasteiger partial charge on any atom is 0.326 e. The molecule has 1 aliphatic heterocycles. The lowest BCUT2D eigenvalue weighted by molar-refractivity contribution is -0.156. The van der Waals surface area contributed by atoms with Crippen molar-refractivity contribution < 1.29 is 33.9 Å². The molecule has 0 saturated heterocycles. The highest BCUT2D eigenvalue weighted by atomic mass is 16.4. The predicted octanol–water partition coefficient (Wildman–Crippen LogP) is 1.33. The zero-order valence-corrected chi connectivity index (χ0v) is 24.7. The Morgan fingerprint density at radius 3 is 2.05 bits per heavy atom. The van der Waals surface area contributed by atoms with E-state index >= 15 is 0 Å². The van der Waals surface area contributed by atoms with Gasteiger partial charge in [-0.2, -0.15) is 0 Å². The molecule has 0 aromatic rings. The van der Waals surface area contributed by atoms with Crippen molar-refractivity contribution >= 4 is 35.5 Å². The Balaban J connectivity index is 2.73. The van der Waals surface area contributed by atoms with Gasteiger partial charge in [0.25, 0.3) is 11.8 Å². The van der Waals surface area contributed by atoms with Crippen molar-refractivity contribution in [1.29, 1.82) is 0 Å². The molecular weight excluding hydrogens is 518 g/mol. The minimum Gasteiger partial charge on any atom is -0.480 e. The topological polar surface area (TPSA) is 179 Å². The van der Waals surface area contributed by atoms with Crippen LogP contribution in [0, 0.1) is 5.92 Å². The molecule has 0 aliphatic carbocycles. The summed E-state index contributed by atoms with van der Waals surface area (Å²) in [5.41, 5.74) is 4.72. The fourth-order valence-electron chi connectivity index (χ4n) is 4.53. The van der Waals surface area contributed by atoms with Crippen LogP contribution in [0.15, 0.2) is 12.2 Å². The summed E-state index contributed by atoms with van der Waals surface area (Å²) in [4.78, 5) is 76.8. The van der Waals surface area contributed by atoms with E-state index in [1.165, 1.54) is 24.0 Å². The molecule has 1 aliphatic rings. The van der Waals surface area contributed by atoms with Crippen molar-refractivity contribution in [3.63, 3.8) is 0 Å². The average molecular weight is 566 g/mol. The Labute approximate surface area is 237 Å². The van der Waals surface area contributed by atoms with Crippen LogP contribution in [-0.2, 0) is 28.8 Å². The number of rotatable bonds is 17. The molecule has 0 radical (unpaired) electrons. The first-order valence-corrected chi connectivity index (χ1v) is 14.0. The molecule has 1 heterocycles. The number of hydrogen-bond donors (Lipinski definition) is 4. The molecule has 226 valence electrons. The van der Waals surface area contributed by atoms with Crippen molar-refractivity contribution in [2.45, 2.75) is 110 Å². The van der Waals surface area contributed by atoms with Gasteiger partial charge in [0.15, 0.2) is 0 Å². The number of nitrogens with one attached hydrogen (secondary N) is 2. The summed E-state index contributed by atoms with van der Waals surface area (Å²) < 4.78 is 0. The van der Waals surface area contributed by atoms with Crippen LogP contribution in [0.5, 0.6) is 0 Å². The molecule has 0 unspecified atom stereocenters. The molecule has 0 saturated carbocycles. The Kier molecular flexibility index (Phi) is 14.0. The van der Waals surface area contributed by atoms with E-state index in [-0.39, 0.29) is 43.0 Å². The van der Waals surface area contributed by atoms with Gasteiger partial charge in [-0.1, -0.05) is 20.3 Å². The van der Waals surface area contributed by atoms with Crippen LogP contribution in [-0.4, -0.2) is 87.2 Å². The van der Waals surface area contributed by atoms with Crippen molar-refractivity contribution in [3.8, 4) is 0 Å². The summed E-state index contributed by atoms with van der Waals surface area (Å²) in [7, 11) is 0. The van der Waals surface area contributed by atoms with Crippen LogP contribution in [0.2, 0.25) is 0 Å². The van der Waals surface area contributed by atoms with E-state index in [2.05, 4.69) is 10.6 Å². The van der Waals surface area contributed by atoms with Gasteiger partial charge in [0, 0.05) is 30.7 Å². The van der Waals surface area contributed by atoms with Crippen LogP contribution in [0.25, 0.3) is 0 Å². The van der Waals surface area contributed by atoms with Crippen molar-refractivity contribution in [2.75, 3.05) is 13.1 Å². The van der Waals surface area contributed by atoms with E-state index in [9.17, 15) is 33.9 Å². The smallest absolute Gasteiger partial charge is 0.326 e. The minimum atomic E-state index is -1.12. The number of amides is 5. The SMILES string of the molecule is CC(C)[C@H](NC(=O)CCCCCN1C(=O)C=CC1=O)C(=O)N[C@@H](C)C(=O)N([C@@H](CCCCN)C(=O)O)C(C)(C)C.